The maximum atomic E-state index is 9.19. The minimum Gasteiger partial charge on any atom is -0.337 e. The lowest BCUT2D eigenvalue weighted by Crippen LogP contribution is -3.07. The second kappa shape index (κ2) is 6.44. The summed E-state index contributed by atoms with van der Waals surface area (Å²) in [6, 6.07) is 2.17. The zero-order valence-electron chi connectivity index (χ0n) is 12.2. The second-order valence-electron chi connectivity index (χ2n) is 5.68. The van der Waals surface area contributed by atoms with E-state index < -0.39 is 11.2 Å². The summed E-state index contributed by atoms with van der Waals surface area (Å²) in [4.78, 5) is 5.78. The maximum absolute atomic E-state index is 9.19. The molecule has 0 aliphatic carbocycles. The van der Waals surface area contributed by atoms with Crippen LogP contribution in [0, 0.1) is 17.9 Å². The highest BCUT2D eigenvalue weighted by atomic mass is 15.3. The fourth-order valence-electron chi connectivity index (χ4n) is 1.77. The van der Waals surface area contributed by atoms with E-state index in [9.17, 15) is 5.26 Å². The number of hydrogen-bond donors (Lipinski definition) is 2. The van der Waals surface area contributed by atoms with Gasteiger partial charge in [0.2, 0.25) is 5.54 Å². The molecule has 0 aromatic heterocycles. The molecule has 0 saturated carbocycles. The first-order chi connectivity index (χ1) is 8.16. The smallest absolute Gasteiger partial charge is 0.337 e. The summed E-state index contributed by atoms with van der Waals surface area (Å²) in [5.41, 5.74) is -1.76. The number of nitrogens with one attached hydrogen (secondary N) is 2. The minimum atomic E-state index is -0.890. The summed E-state index contributed by atoms with van der Waals surface area (Å²) in [5.74, 6) is 0. The topological polar surface area (TPSA) is 61.7 Å². The maximum Gasteiger partial charge on any atom is 0.385 e. The number of nitriles is 1. The van der Waals surface area contributed by atoms with Gasteiger partial charge in [-0.15, -0.1) is 0 Å². The lowest BCUT2D eigenvalue weighted by Gasteiger charge is -2.19. The van der Waals surface area contributed by atoms with E-state index >= 15 is 0 Å². The molecule has 2 N–H and O–H groups in total. The fraction of sp³-hybridized carbons (Fsp3) is 0.833. The van der Waals surface area contributed by atoms with Crippen LogP contribution in [0.15, 0.2) is 10.2 Å². The molecule has 0 aliphatic rings. The van der Waals surface area contributed by atoms with Crippen LogP contribution >= 0.6 is 0 Å². The molecule has 0 bridgehead atoms. The van der Waals surface area contributed by atoms with Gasteiger partial charge in [0.25, 0.3) is 0 Å². The molecule has 0 rings (SSSR count). The molecule has 0 radical (unpaired) electrons. The molecule has 0 heterocycles. The molecule has 18 heavy (non-hydrogen) atoms. The summed E-state index contributed by atoms with van der Waals surface area (Å²) < 4.78 is 0. The van der Waals surface area contributed by atoms with E-state index in [1.807, 2.05) is 28.2 Å². The Hall–Kier alpha value is -1.50. The third-order valence-corrected chi connectivity index (χ3v) is 2.35. The van der Waals surface area contributed by atoms with Crippen molar-refractivity contribution < 1.29 is 9.80 Å². The van der Waals surface area contributed by atoms with Crippen molar-refractivity contribution in [1.29, 1.82) is 5.26 Å². The van der Waals surface area contributed by atoms with Gasteiger partial charge in [0.05, 0.1) is 28.2 Å². The van der Waals surface area contributed by atoms with Crippen molar-refractivity contribution in [2.75, 3.05) is 41.3 Å². The zero-order chi connectivity index (χ0) is 14.4. The predicted octanol–water partition coefficient (Wildman–Crippen LogP) is -1.35. The molecule has 0 aromatic carbocycles. The first kappa shape index (κ1) is 16.5. The molecule has 0 fully saturated rings. The molecule has 0 aliphatic heterocycles. The minimum absolute atomic E-state index is 0.565. The monoisotopic (exact) mass is 252 g/mol. The van der Waals surface area contributed by atoms with E-state index in [-0.39, 0.29) is 0 Å². The Kier molecular flexibility index (Phi) is 5.90. The van der Waals surface area contributed by atoms with Crippen molar-refractivity contribution in [2.45, 2.75) is 25.0 Å². The second-order valence-corrected chi connectivity index (χ2v) is 5.68. The molecule has 0 amide bonds. The molecule has 100 valence electrons. The van der Waals surface area contributed by atoms with Crippen molar-refractivity contribution in [3.05, 3.63) is 11.4 Å². The van der Waals surface area contributed by atoms with Gasteiger partial charge >= 0.3 is 5.66 Å². The van der Waals surface area contributed by atoms with Crippen molar-refractivity contribution in [3.63, 3.8) is 0 Å². The molecule has 6 nitrogen and oxygen atoms in total. The van der Waals surface area contributed by atoms with Gasteiger partial charge in [0.15, 0.2) is 6.54 Å². The summed E-state index contributed by atoms with van der Waals surface area (Å²) >= 11 is 0. The van der Waals surface area contributed by atoms with E-state index in [4.69, 9.17) is 6.57 Å². The van der Waals surface area contributed by atoms with Crippen LogP contribution in [0.2, 0.25) is 0 Å². The van der Waals surface area contributed by atoms with Crippen molar-refractivity contribution in [3.8, 4) is 6.07 Å². The van der Waals surface area contributed by atoms with Gasteiger partial charge in [0, 0.05) is 6.92 Å². The fourth-order valence-corrected chi connectivity index (χ4v) is 1.77. The molecule has 2 atom stereocenters. The number of quaternary nitrogens is 2. The number of hydrogen-bond acceptors (Lipinski definition) is 3. The standard InChI is InChI=1S/C12H22N6/c1-11(8-13,9-17(4)5)15-16-12(2,14-3)10-18(6)7/h9-10H2,1-2,4-7H3/p+2. The van der Waals surface area contributed by atoms with Gasteiger partial charge < -0.3 is 9.80 Å². The van der Waals surface area contributed by atoms with E-state index in [2.05, 4.69) is 21.1 Å². The van der Waals surface area contributed by atoms with Gasteiger partial charge in [-0.2, -0.15) is 10.4 Å². The van der Waals surface area contributed by atoms with Crippen LogP contribution in [-0.4, -0.2) is 52.5 Å². The van der Waals surface area contributed by atoms with E-state index in [1.165, 1.54) is 0 Å². The summed E-state index contributed by atoms with van der Waals surface area (Å²) in [6.45, 7) is 11.9. The first-order valence-electron chi connectivity index (χ1n) is 5.98. The van der Waals surface area contributed by atoms with Gasteiger partial charge in [0.1, 0.15) is 12.6 Å². The lowest BCUT2D eigenvalue weighted by atomic mass is 10.1. The Morgan fingerprint density at radius 2 is 1.61 bits per heavy atom. The van der Waals surface area contributed by atoms with Gasteiger partial charge in [-0.1, -0.05) is 5.11 Å². The van der Waals surface area contributed by atoms with E-state index in [0.717, 1.165) is 9.80 Å². The Morgan fingerprint density at radius 3 is 1.94 bits per heavy atom. The molecular formula is C12H24N6+2. The third-order valence-electron chi connectivity index (χ3n) is 2.35. The number of nitrogens with zero attached hydrogens (tertiary/aromatic N) is 4. The van der Waals surface area contributed by atoms with Crippen LogP contribution in [0.4, 0.5) is 0 Å². The van der Waals surface area contributed by atoms with E-state index in [1.54, 1.807) is 13.8 Å². The van der Waals surface area contributed by atoms with Crippen LogP contribution in [0.3, 0.4) is 0 Å². The van der Waals surface area contributed by atoms with E-state index in [0.29, 0.717) is 13.1 Å². The lowest BCUT2D eigenvalue weighted by molar-refractivity contribution is -0.861. The first-order valence-corrected chi connectivity index (χ1v) is 5.98. The van der Waals surface area contributed by atoms with Gasteiger partial charge in [-0.05, 0) is 6.92 Å². The van der Waals surface area contributed by atoms with Crippen LogP contribution in [0.25, 0.3) is 4.85 Å². The van der Waals surface area contributed by atoms with Crippen molar-refractivity contribution in [1.82, 2.24) is 0 Å². The number of likely N-dealkylation sites (N-methyl/N-ethyl adjacent to an activating group) is 2. The SMILES string of the molecule is [C-]#[N+]C(C)(C[NH+](C)C)N=NC(C)(C#N)C[NH+](C)C. The average molecular weight is 252 g/mol. The Labute approximate surface area is 110 Å². The number of rotatable bonds is 6. The largest absolute Gasteiger partial charge is 0.385 e. The quantitative estimate of drug-likeness (QED) is 0.445. The van der Waals surface area contributed by atoms with Crippen LogP contribution < -0.4 is 9.80 Å². The third kappa shape index (κ3) is 5.72. The van der Waals surface area contributed by atoms with Gasteiger partial charge in [-0.3, -0.25) is 4.85 Å². The Bertz CT molecular complexity index is 339. The summed E-state index contributed by atoms with van der Waals surface area (Å²) in [6.07, 6.45) is 0. The van der Waals surface area contributed by atoms with Crippen molar-refractivity contribution >= 4 is 0 Å². The molecular weight excluding hydrogens is 228 g/mol. The molecule has 0 aromatic rings. The van der Waals surface area contributed by atoms with Crippen LogP contribution in [0.5, 0.6) is 0 Å². The Morgan fingerprint density at radius 1 is 1.11 bits per heavy atom. The highest BCUT2D eigenvalue weighted by molar-refractivity contribution is 5.04. The van der Waals surface area contributed by atoms with Crippen molar-refractivity contribution in [2.24, 2.45) is 10.2 Å². The molecule has 0 spiro atoms. The van der Waals surface area contributed by atoms with Crippen LogP contribution in [-0.2, 0) is 0 Å². The van der Waals surface area contributed by atoms with Crippen LogP contribution in [0.1, 0.15) is 13.8 Å². The normalized spacial score (nSPS) is 18.3. The Balaban J connectivity index is 4.98. The number of azo groups is 1. The molecule has 0 saturated heterocycles. The summed E-state index contributed by atoms with van der Waals surface area (Å²) in [5, 5.41) is 17.4. The summed E-state index contributed by atoms with van der Waals surface area (Å²) in [7, 11) is 7.85. The average Bonchev–Trinajstić information content (AvgIpc) is 2.25. The predicted molar refractivity (Wildman–Crippen MR) is 69.2 cm³/mol. The molecule has 2 unspecified atom stereocenters. The van der Waals surface area contributed by atoms with Gasteiger partial charge in [-0.25, -0.2) is 6.57 Å². The highest BCUT2D eigenvalue weighted by Crippen LogP contribution is 2.15. The molecule has 6 heteroatoms. The highest BCUT2D eigenvalue weighted by Gasteiger charge is 2.36. The zero-order valence-corrected chi connectivity index (χ0v) is 12.2.